The lowest BCUT2D eigenvalue weighted by molar-refractivity contribution is 0.104. The van der Waals surface area contributed by atoms with Crippen LogP contribution in [0.3, 0.4) is 0 Å². The fourth-order valence-corrected chi connectivity index (χ4v) is 7.02. The second-order valence-electron chi connectivity index (χ2n) is 11.8. The van der Waals surface area contributed by atoms with Gasteiger partial charge in [-0.05, 0) is 100 Å². The predicted molar refractivity (Wildman–Crippen MR) is 191 cm³/mol. The number of aromatic nitrogens is 1. The molecule has 0 N–H and O–H groups in total. The van der Waals surface area contributed by atoms with Gasteiger partial charge in [-0.25, -0.2) is 4.98 Å². The summed E-state index contributed by atoms with van der Waals surface area (Å²) in [6.07, 6.45) is 6.78. The zero-order valence-electron chi connectivity index (χ0n) is 24.7. The van der Waals surface area contributed by atoms with Crippen LogP contribution < -0.4 is 0 Å². The second-order valence-corrected chi connectivity index (χ2v) is 11.8. The summed E-state index contributed by atoms with van der Waals surface area (Å²) in [5.41, 5.74) is 2.39. The van der Waals surface area contributed by atoms with Crippen LogP contribution in [0.5, 0.6) is 0 Å². The lowest BCUT2D eigenvalue weighted by Gasteiger charge is -2.12. The van der Waals surface area contributed by atoms with Gasteiger partial charge in [-0.15, -0.1) is 0 Å². The molecule has 9 rings (SSSR count). The number of benzene rings is 8. The summed E-state index contributed by atoms with van der Waals surface area (Å²) in [7, 11) is 0. The third-order valence-corrected chi connectivity index (χ3v) is 9.21. The molecule has 0 fully saturated rings. The quantitative estimate of drug-likeness (QED) is 0.110. The van der Waals surface area contributed by atoms with E-state index in [2.05, 4.69) is 102 Å². The molecule has 0 amide bonds. The monoisotopic (exact) mass is 587 g/mol. The Labute approximate surface area is 264 Å². The Hall–Kier alpha value is -6.19. The number of allylic oxidation sites excluding steroid dienone is 2. The van der Waals surface area contributed by atoms with Crippen molar-refractivity contribution in [2.45, 2.75) is 0 Å². The molecule has 1 aromatic heterocycles. The molecule has 3 heteroatoms. The highest BCUT2D eigenvalue weighted by Crippen LogP contribution is 2.37. The van der Waals surface area contributed by atoms with Crippen molar-refractivity contribution in [3.8, 4) is 0 Å². The fourth-order valence-electron chi connectivity index (χ4n) is 7.02. The molecule has 0 saturated carbocycles. The van der Waals surface area contributed by atoms with Gasteiger partial charge in [-0.1, -0.05) is 127 Å². The van der Waals surface area contributed by atoms with Crippen molar-refractivity contribution in [2.24, 2.45) is 0 Å². The molecule has 0 unspecified atom stereocenters. The summed E-state index contributed by atoms with van der Waals surface area (Å²) in [4.78, 5) is 31.0. The minimum atomic E-state index is -0.254. The topological polar surface area (TPSA) is 47.0 Å². The highest BCUT2D eigenvalue weighted by Gasteiger charge is 2.13. The Kier molecular flexibility index (Phi) is 5.81. The Morgan fingerprint density at radius 1 is 0.391 bits per heavy atom. The second kappa shape index (κ2) is 10.2. The maximum absolute atomic E-state index is 13.3. The first-order valence-electron chi connectivity index (χ1n) is 15.4. The molecule has 46 heavy (non-hydrogen) atoms. The van der Waals surface area contributed by atoms with Crippen LogP contribution in [0.1, 0.15) is 32.1 Å². The van der Waals surface area contributed by atoms with Crippen molar-refractivity contribution >= 4 is 88.4 Å². The molecule has 0 aliphatic carbocycles. The highest BCUT2D eigenvalue weighted by atomic mass is 16.1. The third-order valence-electron chi connectivity index (χ3n) is 9.21. The number of rotatable bonds is 6. The number of nitrogens with zero attached hydrogens (tertiary/aromatic N) is 1. The Morgan fingerprint density at radius 2 is 0.739 bits per heavy atom. The third kappa shape index (κ3) is 4.10. The highest BCUT2D eigenvalue weighted by molar-refractivity contribution is 6.25. The van der Waals surface area contributed by atoms with Crippen LogP contribution >= 0.6 is 0 Å². The number of hydrogen-bond donors (Lipinski definition) is 0. The first-order valence-corrected chi connectivity index (χ1v) is 15.4. The summed E-state index contributed by atoms with van der Waals surface area (Å²) in [5.74, 6) is -0.507. The lowest BCUT2D eigenvalue weighted by Crippen LogP contribution is -2.05. The average Bonchev–Trinajstić information content (AvgIpc) is 3.11. The van der Waals surface area contributed by atoms with E-state index in [0.29, 0.717) is 0 Å². The minimum Gasteiger partial charge on any atom is -0.288 e. The van der Waals surface area contributed by atoms with Crippen molar-refractivity contribution in [1.29, 1.82) is 0 Å². The molecule has 0 aliphatic rings. The summed E-state index contributed by atoms with van der Waals surface area (Å²) in [5, 5.41) is 14.2. The number of hydrogen-bond acceptors (Lipinski definition) is 3. The molecule has 0 aliphatic heterocycles. The van der Waals surface area contributed by atoms with Crippen molar-refractivity contribution < 1.29 is 9.59 Å². The van der Waals surface area contributed by atoms with Crippen LogP contribution in [-0.4, -0.2) is 16.6 Å². The van der Waals surface area contributed by atoms with Gasteiger partial charge in [0.25, 0.3) is 0 Å². The molecule has 0 saturated heterocycles. The summed E-state index contributed by atoms with van der Waals surface area (Å²) < 4.78 is 0. The van der Waals surface area contributed by atoms with Crippen molar-refractivity contribution in [1.82, 2.24) is 4.98 Å². The van der Waals surface area contributed by atoms with Gasteiger partial charge < -0.3 is 0 Å². The Morgan fingerprint density at radius 3 is 1.17 bits per heavy atom. The maximum Gasteiger partial charge on any atom is 0.204 e. The van der Waals surface area contributed by atoms with E-state index in [1.807, 2.05) is 24.3 Å². The van der Waals surface area contributed by atoms with E-state index >= 15 is 0 Å². The smallest absolute Gasteiger partial charge is 0.204 e. The standard InChI is InChI=1S/C43H25NO2/c45-38(24-20-26-10-12-32-16-14-28-4-1-6-30-18-22-34(26)42(32)40(28)30)36-8-3-9-37(44-36)39(46)25-21-27-11-13-33-17-15-29-5-2-7-31-19-23-35(27)43(33)41(29)31/h1-25H/b24-20+,25-21+. The molecule has 0 bridgehead atoms. The van der Waals surface area contributed by atoms with Gasteiger partial charge in [0, 0.05) is 0 Å². The number of pyridine rings is 1. The molecule has 0 spiro atoms. The Balaban J connectivity index is 1.01. The van der Waals surface area contributed by atoms with Crippen molar-refractivity contribution in [3.63, 3.8) is 0 Å². The summed E-state index contributed by atoms with van der Waals surface area (Å²) in [6, 6.07) is 43.1. The van der Waals surface area contributed by atoms with Gasteiger partial charge in [0.05, 0.1) is 0 Å². The van der Waals surface area contributed by atoms with Crippen LogP contribution in [-0.2, 0) is 0 Å². The normalized spacial score (nSPS) is 12.3. The van der Waals surface area contributed by atoms with Gasteiger partial charge in [-0.2, -0.15) is 0 Å². The SMILES string of the molecule is O=C(/C=C/c1ccc2ccc3cccc4ccc1c2c34)c1cccc(C(=O)/C=C/c2ccc3ccc4cccc5ccc2c3c45)n1. The number of carbonyl (C=O) groups is 2. The summed E-state index contributed by atoms with van der Waals surface area (Å²) in [6.45, 7) is 0. The minimum absolute atomic E-state index is 0.232. The van der Waals surface area contributed by atoms with Gasteiger partial charge >= 0.3 is 0 Å². The average molecular weight is 588 g/mol. The van der Waals surface area contributed by atoms with Crippen LogP contribution in [0.25, 0.3) is 76.8 Å². The van der Waals surface area contributed by atoms with E-state index in [4.69, 9.17) is 0 Å². The van der Waals surface area contributed by atoms with E-state index in [9.17, 15) is 9.59 Å². The van der Waals surface area contributed by atoms with Crippen LogP contribution in [0, 0.1) is 0 Å². The van der Waals surface area contributed by atoms with Gasteiger partial charge in [0.1, 0.15) is 11.4 Å². The van der Waals surface area contributed by atoms with Gasteiger partial charge in [0.15, 0.2) is 0 Å². The molecule has 3 nitrogen and oxygen atoms in total. The zero-order chi connectivity index (χ0) is 30.8. The largest absolute Gasteiger partial charge is 0.288 e. The molecular formula is C43H25NO2. The molecule has 9 aromatic rings. The summed E-state index contributed by atoms with van der Waals surface area (Å²) >= 11 is 0. The molecule has 214 valence electrons. The van der Waals surface area contributed by atoms with Crippen LogP contribution in [0.15, 0.2) is 140 Å². The van der Waals surface area contributed by atoms with Crippen LogP contribution in [0.4, 0.5) is 0 Å². The van der Waals surface area contributed by atoms with E-state index in [0.717, 1.165) is 21.9 Å². The van der Waals surface area contributed by atoms with Gasteiger partial charge in [0.2, 0.25) is 11.6 Å². The van der Waals surface area contributed by atoms with Crippen LogP contribution in [0.2, 0.25) is 0 Å². The number of carbonyl (C=O) groups excluding carboxylic acids is 2. The first-order chi connectivity index (χ1) is 22.6. The first kappa shape index (κ1) is 26.2. The fraction of sp³-hybridized carbons (Fsp3) is 0. The van der Waals surface area contributed by atoms with Crippen molar-refractivity contribution in [3.05, 3.63) is 162 Å². The zero-order valence-corrected chi connectivity index (χ0v) is 24.7. The number of ketones is 2. The van der Waals surface area contributed by atoms with Gasteiger partial charge in [-0.3, -0.25) is 9.59 Å². The van der Waals surface area contributed by atoms with E-state index in [1.165, 1.54) is 53.9 Å². The van der Waals surface area contributed by atoms with E-state index in [1.54, 1.807) is 30.4 Å². The molecule has 0 atom stereocenters. The lowest BCUT2D eigenvalue weighted by atomic mass is 9.92. The molecule has 8 aromatic carbocycles. The van der Waals surface area contributed by atoms with Crippen molar-refractivity contribution in [2.75, 3.05) is 0 Å². The van der Waals surface area contributed by atoms with E-state index in [-0.39, 0.29) is 23.0 Å². The Bertz CT molecular complexity index is 2520. The maximum atomic E-state index is 13.3. The molecule has 1 heterocycles. The molecular weight excluding hydrogens is 562 g/mol. The molecule has 0 radical (unpaired) electrons. The van der Waals surface area contributed by atoms with E-state index < -0.39 is 0 Å². The predicted octanol–water partition coefficient (Wildman–Crippen LogP) is 10.7.